The van der Waals surface area contributed by atoms with Crippen molar-refractivity contribution in [1.82, 2.24) is 5.32 Å². The Labute approximate surface area is 99.3 Å². The van der Waals surface area contributed by atoms with E-state index in [1.807, 2.05) is 6.92 Å². The van der Waals surface area contributed by atoms with Crippen LogP contribution in [0.15, 0.2) is 24.3 Å². The Kier molecular flexibility index (Phi) is 4.15. The second-order valence-electron chi connectivity index (χ2n) is 5.22. The van der Waals surface area contributed by atoms with Crippen molar-refractivity contribution in [3.05, 3.63) is 35.4 Å². The van der Waals surface area contributed by atoms with E-state index < -0.39 is 0 Å². The molecule has 0 saturated carbocycles. The minimum absolute atomic E-state index is 0.127. The van der Waals surface area contributed by atoms with Gasteiger partial charge in [-0.3, -0.25) is 5.32 Å². The van der Waals surface area contributed by atoms with Gasteiger partial charge in [-0.15, -0.1) is 6.42 Å². The normalized spacial score (nSPS) is 13.2. The Hall–Kier alpha value is -1.26. The second kappa shape index (κ2) is 5.18. The molecule has 16 heavy (non-hydrogen) atoms. The number of rotatable bonds is 3. The monoisotopic (exact) mass is 215 g/mol. The van der Waals surface area contributed by atoms with Gasteiger partial charge in [0, 0.05) is 6.54 Å². The lowest BCUT2D eigenvalue weighted by Crippen LogP contribution is -2.23. The van der Waals surface area contributed by atoms with E-state index in [1.54, 1.807) is 0 Å². The number of hydrogen-bond donors (Lipinski definition) is 1. The molecule has 0 aliphatic rings. The fraction of sp³-hybridized carbons (Fsp3) is 0.467. The highest BCUT2D eigenvalue weighted by molar-refractivity contribution is 5.27. The summed E-state index contributed by atoms with van der Waals surface area (Å²) in [6.07, 6.45) is 5.30. The number of hydrogen-bond acceptors (Lipinski definition) is 1. The molecule has 0 aliphatic carbocycles. The van der Waals surface area contributed by atoms with Crippen LogP contribution >= 0.6 is 0 Å². The molecule has 0 fully saturated rings. The molecule has 0 saturated heterocycles. The van der Waals surface area contributed by atoms with Crippen LogP contribution in [0.25, 0.3) is 0 Å². The summed E-state index contributed by atoms with van der Waals surface area (Å²) in [6.45, 7) is 9.49. The molecule has 1 nitrogen and oxygen atoms in total. The zero-order chi connectivity index (χ0) is 12.2. The molecule has 0 aromatic heterocycles. The number of nitrogens with one attached hydrogen (secondary N) is 1. The Bertz CT molecular complexity index is 362. The van der Waals surface area contributed by atoms with Crippen molar-refractivity contribution in [2.75, 3.05) is 0 Å². The van der Waals surface area contributed by atoms with Crippen LogP contribution in [-0.4, -0.2) is 6.04 Å². The first-order valence-electron chi connectivity index (χ1n) is 5.72. The highest BCUT2D eigenvalue weighted by Gasteiger charge is 2.12. The molecule has 0 spiro atoms. The van der Waals surface area contributed by atoms with Crippen LogP contribution in [-0.2, 0) is 12.0 Å². The van der Waals surface area contributed by atoms with E-state index in [9.17, 15) is 0 Å². The van der Waals surface area contributed by atoms with Crippen molar-refractivity contribution < 1.29 is 0 Å². The van der Waals surface area contributed by atoms with Gasteiger partial charge in [-0.1, -0.05) is 51.0 Å². The van der Waals surface area contributed by atoms with Gasteiger partial charge in [-0.25, -0.2) is 0 Å². The quantitative estimate of drug-likeness (QED) is 0.764. The van der Waals surface area contributed by atoms with E-state index in [2.05, 4.69) is 56.3 Å². The van der Waals surface area contributed by atoms with E-state index in [-0.39, 0.29) is 11.5 Å². The first-order chi connectivity index (χ1) is 7.43. The Morgan fingerprint density at radius 1 is 1.25 bits per heavy atom. The van der Waals surface area contributed by atoms with Crippen molar-refractivity contribution in [1.29, 1.82) is 0 Å². The minimum atomic E-state index is 0.127. The highest BCUT2D eigenvalue weighted by atomic mass is 14.9. The van der Waals surface area contributed by atoms with E-state index >= 15 is 0 Å². The zero-order valence-corrected chi connectivity index (χ0v) is 10.7. The van der Waals surface area contributed by atoms with E-state index in [4.69, 9.17) is 6.42 Å². The Balaban J connectivity index is 2.63. The van der Waals surface area contributed by atoms with Crippen molar-refractivity contribution in [2.24, 2.45) is 0 Å². The maximum atomic E-state index is 5.30. The molecule has 0 amide bonds. The topological polar surface area (TPSA) is 12.0 Å². The predicted molar refractivity (Wildman–Crippen MR) is 70.3 cm³/mol. The zero-order valence-electron chi connectivity index (χ0n) is 10.7. The van der Waals surface area contributed by atoms with Gasteiger partial charge in [0.15, 0.2) is 0 Å². The van der Waals surface area contributed by atoms with E-state index in [0.717, 1.165) is 6.54 Å². The van der Waals surface area contributed by atoms with Crippen molar-refractivity contribution in [3.63, 3.8) is 0 Å². The van der Waals surface area contributed by atoms with Crippen LogP contribution in [0.5, 0.6) is 0 Å². The Morgan fingerprint density at radius 3 is 2.25 bits per heavy atom. The molecule has 1 aromatic rings. The SMILES string of the molecule is C#CC(C)NCc1ccc(C(C)(C)C)cc1. The maximum absolute atomic E-state index is 5.30. The summed E-state index contributed by atoms with van der Waals surface area (Å²) in [5, 5.41) is 3.27. The van der Waals surface area contributed by atoms with Crippen LogP contribution < -0.4 is 5.32 Å². The third-order valence-corrected chi connectivity index (χ3v) is 2.68. The third-order valence-electron chi connectivity index (χ3n) is 2.68. The molecule has 0 radical (unpaired) electrons. The van der Waals surface area contributed by atoms with Crippen LogP contribution in [0.3, 0.4) is 0 Å². The summed E-state index contributed by atoms with van der Waals surface area (Å²) in [7, 11) is 0. The Morgan fingerprint density at radius 2 is 1.81 bits per heavy atom. The maximum Gasteiger partial charge on any atom is 0.0660 e. The summed E-state index contributed by atoms with van der Waals surface area (Å²) in [5.74, 6) is 2.66. The number of benzene rings is 1. The summed E-state index contributed by atoms with van der Waals surface area (Å²) in [4.78, 5) is 0. The van der Waals surface area contributed by atoms with Gasteiger partial charge < -0.3 is 0 Å². The standard InChI is InChI=1S/C15H21N/c1-6-12(2)16-11-13-7-9-14(10-8-13)15(3,4)5/h1,7-10,12,16H,11H2,2-5H3. The van der Waals surface area contributed by atoms with Gasteiger partial charge in [-0.05, 0) is 23.5 Å². The highest BCUT2D eigenvalue weighted by Crippen LogP contribution is 2.22. The molecular formula is C15H21N. The van der Waals surface area contributed by atoms with Crippen LogP contribution in [0.2, 0.25) is 0 Å². The van der Waals surface area contributed by atoms with Gasteiger partial charge in [0.25, 0.3) is 0 Å². The third kappa shape index (κ3) is 3.72. The number of terminal acetylenes is 1. The summed E-state index contributed by atoms with van der Waals surface area (Å²) < 4.78 is 0. The fourth-order valence-corrected chi connectivity index (χ4v) is 1.45. The molecule has 0 heterocycles. The molecule has 1 rings (SSSR count). The van der Waals surface area contributed by atoms with Crippen molar-refractivity contribution in [2.45, 2.75) is 45.7 Å². The van der Waals surface area contributed by atoms with Gasteiger partial charge >= 0.3 is 0 Å². The van der Waals surface area contributed by atoms with Crippen molar-refractivity contribution >= 4 is 0 Å². The molecule has 1 unspecified atom stereocenters. The van der Waals surface area contributed by atoms with Gasteiger partial charge in [0.2, 0.25) is 0 Å². The van der Waals surface area contributed by atoms with Crippen LogP contribution in [0, 0.1) is 12.3 Å². The summed E-state index contributed by atoms with van der Waals surface area (Å²) in [5.41, 5.74) is 2.86. The average molecular weight is 215 g/mol. The molecular weight excluding hydrogens is 194 g/mol. The molecule has 0 bridgehead atoms. The lowest BCUT2D eigenvalue weighted by Gasteiger charge is -2.19. The average Bonchev–Trinajstić information content (AvgIpc) is 2.25. The summed E-state index contributed by atoms with van der Waals surface area (Å²) >= 11 is 0. The lowest BCUT2D eigenvalue weighted by atomic mass is 9.87. The summed E-state index contributed by atoms with van der Waals surface area (Å²) in [6, 6.07) is 8.84. The first kappa shape index (κ1) is 12.8. The van der Waals surface area contributed by atoms with Crippen molar-refractivity contribution in [3.8, 4) is 12.3 Å². The van der Waals surface area contributed by atoms with Gasteiger partial charge in [-0.2, -0.15) is 0 Å². The second-order valence-corrected chi connectivity index (χ2v) is 5.22. The largest absolute Gasteiger partial charge is 0.300 e. The fourth-order valence-electron chi connectivity index (χ4n) is 1.45. The van der Waals surface area contributed by atoms with Crippen LogP contribution in [0.1, 0.15) is 38.8 Å². The smallest absolute Gasteiger partial charge is 0.0660 e. The first-order valence-corrected chi connectivity index (χ1v) is 5.72. The molecule has 1 atom stereocenters. The predicted octanol–water partition coefficient (Wildman–Crippen LogP) is 3.10. The lowest BCUT2D eigenvalue weighted by molar-refractivity contribution is 0.589. The molecule has 0 aliphatic heterocycles. The van der Waals surface area contributed by atoms with E-state index in [0.29, 0.717) is 0 Å². The molecule has 1 heteroatoms. The van der Waals surface area contributed by atoms with Crippen LogP contribution in [0.4, 0.5) is 0 Å². The van der Waals surface area contributed by atoms with Gasteiger partial charge in [0.1, 0.15) is 0 Å². The minimum Gasteiger partial charge on any atom is -0.300 e. The molecule has 1 N–H and O–H groups in total. The molecule has 1 aromatic carbocycles. The molecule has 86 valence electrons. The van der Waals surface area contributed by atoms with E-state index in [1.165, 1.54) is 11.1 Å². The van der Waals surface area contributed by atoms with Gasteiger partial charge in [0.05, 0.1) is 6.04 Å².